The lowest BCUT2D eigenvalue weighted by molar-refractivity contribution is -0.140. The van der Waals surface area contributed by atoms with Crippen LogP contribution in [0.4, 0.5) is 5.82 Å². The molecule has 1 fully saturated rings. The van der Waals surface area contributed by atoms with Crippen LogP contribution >= 0.6 is 0 Å². The summed E-state index contributed by atoms with van der Waals surface area (Å²) >= 11 is 0. The average Bonchev–Trinajstić information content (AvgIpc) is 3.33. The van der Waals surface area contributed by atoms with Gasteiger partial charge in [0, 0.05) is 41.9 Å². The van der Waals surface area contributed by atoms with Crippen molar-refractivity contribution in [3.8, 4) is 22.4 Å². The zero-order valence-electron chi connectivity index (χ0n) is 20.3. The van der Waals surface area contributed by atoms with Crippen LogP contribution in [0.5, 0.6) is 0 Å². The van der Waals surface area contributed by atoms with E-state index in [9.17, 15) is 14.7 Å². The Hall–Kier alpha value is -4.11. The number of nitrogens with zero attached hydrogens (tertiary/aromatic N) is 5. The van der Waals surface area contributed by atoms with E-state index in [1.165, 1.54) is 18.4 Å². The summed E-state index contributed by atoms with van der Waals surface area (Å²) in [6, 6.07) is 13.9. The molecule has 0 unspecified atom stereocenters. The van der Waals surface area contributed by atoms with E-state index in [1.807, 2.05) is 42.5 Å². The summed E-state index contributed by atoms with van der Waals surface area (Å²) in [6.07, 6.45) is 3.69. The molecule has 0 radical (unpaired) electrons. The number of hydrogen-bond acceptors (Lipinski definition) is 7. The van der Waals surface area contributed by atoms with Crippen molar-refractivity contribution >= 4 is 23.2 Å². The number of aliphatic hydroxyl groups excluding tert-OH is 1. The fourth-order valence-electron chi connectivity index (χ4n) is 4.86. The first-order chi connectivity index (χ1) is 17.3. The van der Waals surface area contributed by atoms with E-state index in [2.05, 4.69) is 10.1 Å². The van der Waals surface area contributed by atoms with Gasteiger partial charge in [0.25, 0.3) is 5.91 Å². The van der Waals surface area contributed by atoms with E-state index in [0.717, 1.165) is 22.4 Å². The van der Waals surface area contributed by atoms with Gasteiger partial charge in [-0.3, -0.25) is 14.6 Å². The Balaban J connectivity index is 1.52. The number of likely N-dealkylation sites (tertiary alicyclic amines) is 1. The summed E-state index contributed by atoms with van der Waals surface area (Å²) in [5, 5.41) is 14.1. The molecular formula is C27H28N6O3. The number of fused-ring (bicyclic) bond motifs is 1. The third-order valence-corrected chi connectivity index (χ3v) is 6.76. The van der Waals surface area contributed by atoms with Gasteiger partial charge in [-0.25, -0.2) is 4.98 Å². The first-order valence-electron chi connectivity index (χ1n) is 12.0. The average molecular weight is 485 g/mol. The summed E-state index contributed by atoms with van der Waals surface area (Å²) in [7, 11) is 0. The Morgan fingerprint density at radius 3 is 2.39 bits per heavy atom. The van der Waals surface area contributed by atoms with Gasteiger partial charge in [0.1, 0.15) is 11.9 Å². The van der Waals surface area contributed by atoms with E-state index < -0.39 is 6.10 Å². The molecule has 4 heterocycles. The summed E-state index contributed by atoms with van der Waals surface area (Å²) < 4.78 is 1.51. The van der Waals surface area contributed by atoms with Crippen LogP contribution in [0.3, 0.4) is 0 Å². The molecule has 3 N–H and O–H groups in total. The molecule has 1 aliphatic heterocycles. The van der Waals surface area contributed by atoms with Crippen LogP contribution < -0.4 is 5.73 Å². The van der Waals surface area contributed by atoms with E-state index >= 15 is 0 Å². The lowest BCUT2D eigenvalue weighted by atomic mass is 9.89. The van der Waals surface area contributed by atoms with Gasteiger partial charge in [0.05, 0.1) is 23.1 Å². The van der Waals surface area contributed by atoms with Gasteiger partial charge in [0.2, 0.25) is 0 Å². The molecule has 3 aromatic heterocycles. The Kier molecular flexibility index (Phi) is 6.24. The van der Waals surface area contributed by atoms with Crippen molar-refractivity contribution in [2.45, 2.75) is 38.7 Å². The van der Waals surface area contributed by atoms with E-state index in [1.54, 1.807) is 17.3 Å². The van der Waals surface area contributed by atoms with Crippen molar-refractivity contribution < 1.29 is 14.7 Å². The molecule has 0 saturated carbocycles. The number of amides is 1. The highest BCUT2D eigenvalue weighted by molar-refractivity contribution is 6.00. The number of nitrogen functional groups attached to an aromatic ring is 1. The summed E-state index contributed by atoms with van der Waals surface area (Å²) in [4.78, 5) is 36.0. The maximum absolute atomic E-state index is 12.6. The number of aliphatic hydroxyl groups is 1. The minimum atomic E-state index is -1.03. The molecule has 1 amide bonds. The van der Waals surface area contributed by atoms with Crippen LogP contribution in [-0.4, -0.2) is 60.5 Å². The number of aromatic nitrogens is 4. The number of piperidine rings is 1. The van der Waals surface area contributed by atoms with Gasteiger partial charge in [0.15, 0.2) is 11.4 Å². The van der Waals surface area contributed by atoms with Crippen molar-refractivity contribution in [1.82, 2.24) is 24.5 Å². The Bertz CT molecular complexity index is 1420. The van der Waals surface area contributed by atoms with Gasteiger partial charge in [-0.15, -0.1) is 0 Å². The van der Waals surface area contributed by atoms with E-state index in [0.29, 0.717) is 42.8 Å². The molecular weight excluding hydrogens is 456 g/mol. The van der Waals surface area contributed by atoms with Crippen LogP contribution in [-0.2, 0) is 4.79 Å². The zero-order chi connectivity index (χ0) is 25.4. The van der Waals surface area contributed by atoms with Gasteiger partial charge in [-0.1, -0.05) is 36.4 Å². The fraction of sp³-hybridized carbons (Fsp3) is 0.296. The number of hydrogen-bond donors (Lipinski definition) is 2. The topological polar surface area (TPSA) is 127 Å². The molecule has 0 spiro atoms. The number of carbonyl (C=O) groups is 2. The minimum Gasteiger partial charge on any atom is -0.384 e. The maximum Gasteiger partial charge on any atom is 0.251 e. The number of benzene rings is 1. The number of rotatable bonds is 5. The van der Waals surface area contributed by atoms with Crippen molar-refractivity contribution in [1.29, 1.82) is 0 Å². The molecule has 1 atom stereocenters. The molecule has 9 nitrogen and oxygen atoms in total. The van der Waals surface area contributed by atoms with E-state index in [-0.39, 0.29) is 23.4 Å². The quantitative estimate of drug-likeness (QED) is 0.416. The smallest absolute Gasteiger partial charge is 0.251 e. The van der Waals surface area contributed by atoms with Crippen molar-refractivity contribution in [3.05, 3.63) is 66.1 Å². The van der Waals surface area contributed by atoms with Crippen molar-refractivity contribution in [2.75, 3.05) is 18.8 Å². The molecule has 1 aromatic carbocycles. The van der Waals surface area contributed by atoms with Crippen molar-refractivity contribution in [2.24, 2.45) is 0 Å². The Morgan fingerprint density at radius 1 is 1.06 bits per heavy atom. The third kappa shape index (κ3) is 4.22. The van der Waals surface area contributed by atoms with Crippen LogP contribution in [0.25, 0.3) is 28.0 Å². The number of nitrogens with two attached hydrogens (primary N) is 1. The van der Waals surface area contributed by atoms with Crippen LogP contribution in [0.2, 0.25) is 0 Å². The molecule has 184 valence electrons. The highest BCUT2D eigenvalue weighted by atomic mass is 16.3. The summed E-state index contributed by atoms with van der Waals surface area (Å²) in [6.45, 7) is 3.91. The van der Waals surface area contributed by atoms with Gasteiger partial charge >= 0.3 is 0 Å². The monoisotopic (exact) mass is 484 g/mol. The second kappa shape index (κ2) is 9.50. The molecule has 0 aliphatic carbocycles. The largest absolute Gasteiger partial charge is 0.384 e. The minimum absolute atomic E-state index is 0.0458. The third-order valence-electron chi connectivity index (χ3n) is 6.76. The zero-order valence-corrected chi connectivity index (χ0v) is 20.3. The maximum atomic E-state index is 12.6. The number of carbonyl (C=O) groups excluding carboxylic acids is 2. The number of anilines is 1. The standard InChI is InChI=1S/C27H28N6O3/c1-16(34)23-24(19-10-12-32(13-11-19)27(36)17(2)35)31-26-21(15-30-33(26)25(23)28)20-8-9-22(29-14-20)18-6-4-3-5-7-18/h3-9,14-15,17,19,35H,10-13,28H2,1-2H3/t17-/m0/s1. The first-order valence-corrected chi connectivity index (χ1v) is 12.0. The molecule has 0 bridgehead atoms. The SMILES string of the molecule is CC(=O)c1c(C2CCN(C(=O)[C@H](C)O)CC2)nc2c(-c3ccc(-c4ccccc4)nc3)cnn2c1N. The number of pyridine rings is 1. The summed E-state index contributed by atoms with van der Waals surface area (Å²) in [5.41, 5.74) is 11.5. The lowest BCUT2D eigenvalue weighted by Gasteiger charge is -2.33. The number of ketones is 1. The molecule has 9 heteroatoms. The normalized spacial score (nSPS) is 15.2. The van der Waals surface area contributed by atoms with Gasteiger partial charge in [-0.2, -0.15) is 9.61 Å². The summed E-state index contributed by atoms with van der Waals surface area (Å²) in [5.74, 6) is -0.251. The fourth-order valence-corrected chi connectivity index (χ4v) is 4.86. The Labute approximate surface area is 208 Å². The molecule has 1 saturated heterocycles. The van der Waals surface area contributed by atoms with E-state index in [4.69, 9.17) is 10.7 Å². The van der Waals surface area contributed by atoms with Crippen LogP contribution in [0.1, 0.15) is 48.7 Å². The highest BCUT2D eigenvalue weighted by Gasteiger charge is 2.31. The molecule has 1 aliphatic rings. The number of Topliss-reactive ketones (excluding diaryl/α,β-unsaturated/α-hetero) is 1. The van der Waals surface area contributed by atoms with Crippen LogP contribution in [0, 0.1) is 0 Å². The first kappa shape index (κ1) is 23.6. The second-order valence-electron chi connectivity index (χ2n) is 9.18. The molecule has 5 rings (SSSR count). The predicted octanol–water partition coefficient (Wildman–Crippen LogP) is 3.33. The van der Waals surface area contributed by atoms with Gasteiger partial charge < -0.3 is 15.7 Å². The predicted molar refractivity (Wildman–Crippen MR) is 136 cm³/mol. The van der Waals surface area contributed by atoms with Gasteiger partial charge in [-0.05, 0) is 32.8 Å². The Morgan fingerprint density at radius 2 is 1.78 bits per heavy atom. The second-order valence-corrected chi connectivity index (χ2v) is 9.18. The highest BCUT2D eigenvalue weighted by Crippen LogP contribution is 2.35. The van der Waals surface area contributed by atoms with Crippen LogP contribution in [0.15, 0.2) is 54.9 Å². The van der Waals surface area contributed by atoms with Crippen molar-refractivity contribution in [3.63, 3.8) is 0 Å². The molecule has 4 aromatic rings. The lowest BCUT2D eigenvalue weighted by Crippen LogP contribution is -2.42. The molecule has 36 heavy (non-hydrogen) atoms.